The molecule has 2 aliphatic heterocycles. The minimum Gasteiger partial charge on any atom is -0.378 e. The summed E-state index contributed by atoms with van der Waals surface area (Å²) in [6.45, 7) is 4.92. The molecule has 2 heterocycles. The number of nitriles is 1. The van der Waals surface area contributed by atoms with E-state index in [0.29, 0.717) is 25.2 Å². The molecule has 0 spiro atoms. The zero-order valence-electron chi connectivity index (χ0n) is 12.5. The average Bonchev–Trinajstić information content (AvgIpc) is 2.55. The van der Waals surface area contributed by atoms with Gasteiger partial charge in [-0.15, -0.1) is 0 Å². The Kier molecular flexibility index (Phi) is 4.07. The Morgan fingerprint density at radius 3 is 2.86 bits per heavy atom. The standard InChI is InChI=1S/C16H18N4O2/c1-11-8-15(21)18-19-16(11)12-2-3-14(13(9-12)10-17)20-4-6-22-7-5-20/h2-3,9,11H,4-8H2,1H3,(H,18,21). The van der Waals surface area contributed by atoms with E-state index < -0.39 is 0 Å². The second kappa shape index (κ2) is 6.16. The van der Waals surface area contributed by atoms with Crippen LogP contribution in [0.2, 0.25) is 0 Å². The third-order valence-electron chi connectivity index (χ3n) is 4.02. The second-order valence-electron chi connectivity index (χ2n) is 5.58. The zero-order valence-corrected chi connectivity index (χ0v) is 12.5. The van der Waals surface area contributed by atoms with E-state index in [1.807, 2.05) is 25.1 Å². The Balaban J connectivity index is 1.92. The first-order chi connectivity index (χ1) is 10.7. The van der Waals surface area contributed by atoms with Crippen molar-refractivity contribution in [1.82, 2.24) is 5.43 Å². The van der Waals surface area contributed by atoms with E-state index in [4.69, 9.17) is 4.74 Å². The highest BCUT2D eigenvalue weighted by Gasteiger charge is 2.23. The highest BCUT2D eigenvalue weighted by Crippen LogP contribution is 2.25. The van der Waals surface area contributed by atoms with Crippen LogP contribution in [0.25, 0.3) is 0 Å². The second-order valence-corrected chi connectivity index (χ2v) is 5.58. The number of rotatable bonds is 2. The van der Waals surface area contributed by atoms with E-state index in [1.165, 1.54) is 0 Å². The van der Waals surface area contributed by atoms with Crippen LogP contribution in [-0.2, 0) is 9.53 Å². The van der Waals surface area contributed by atoms with E-state index >= 15 is 0 Å². The normalized spacial score (nSPS) is 21.8. The lowest BCUT2D eigenvalue weighted by Crippen LogP contribution is -2.36. The van der Waals surface area contributed by atoms with Crippen molar-refractivity contribution in [2.45, 2.75) is 13.3 Å². The van der Waals surface area contributed by atoms with Gasteiger partial charge in [-0.05, 0) is 17.7 Å². The van der Waals surface area contributed by atoms with Crippen LogP contribution in [0.15, 0.2) is 23.3 Å². The van der Waals surface area contributed by atoms with Crippen molar-refractivity contribution in [3.63, 3.8) is 0 Å². The van der Waals surface area contributed by atoms with Crippen LogP contribution in [-0.4, -0.2) is 37.9 Å². The van der Waals surface area contributed by atoms with E-state index in [-0.39, 0.29) is 11.8 Å². The summed E-state index contributed by atoms with van der Waals surface area (Å²) in [5.74, 6) is -0.0174. The molecule has 1 aromatic rings. The number of carbonyl (C=O) groups is 1. The molecule has 114 valence electrons. The quantitative estimate of drug-likeness (QED) is 0.891. The lowest BCUT2D eigenvalue weighted by Gasteiger charge is -2.30. The summed E-state index contributed by atoms with van der Waals surface area (Å²) in [6.07, 6.45) is 0.423. The summed E-state index contributed by atoms with van der Waals surface area (Å²) in [6, 6.07) is 8.06. The van der Waals surface area contributed by atoms with E-state index in [0.717, 1.165) is 30.1 Å². The first-order valence-electron chi connectivity index (χ1n) is 7.42. The predicted octanol–water partition coefficient (Wildman–Crippen LogP) is 1.25. The summed E-state index contributed by atoms with van der Waals surface area (Å²) < 4.78 is 5.35. The predicted molar refractivity (Wildman–Crippen MR) is 82.6 cm³/mol. The number of nitrogens with zero attached hydrogens (tertiary/aromatic N) is 3. The number of hydrazone groups is 1. The topological polar surface area (TPSA) is 77.7 Å². The number of nitrogens with one attached hydrogen (secondary N) is 1. The Labute approximate surface area is 129 Å². The largest absolute Gasteiger partial charge is 0.378 e. The Hall–Kier alpha value is -2.39. The van der Waals surface area contributed by atoms with Gasteiger partial charge in [0.25, 0.3) is 0 Å². The van der Waals surface area contributed by atoms with Gasteiger partial charge in [-0.1, -0.05) is 13.0 Å². The van der Waals surface area contributed by atoms with Gasteiger partial charge in [0.05, 0.1) is 30.2 Å². The molecule has 6 heteroatoms. The minimum atomic E-state index is -0.0679. The number of hydrogen-bond acceptors (Lipinski definition) is 5. The average molecular weight is 298 g/mol. The highest BCUT2D eigenvalue weighted by atomic mass is 16.5. The summed E-state index contributed by atoms with van der Waals surface area (Å²) >= 11 is 0. The third-order valence-corrected chi connectivity index (χ3v) is 4.02. The summed E-state index contributed by atoms with van der Waals surface area (Å²) in [7, 11) is 0. The fourth-order valence-electron chi connectivity index (χ4n) is 2.87. The van der Waals surface area contributed by atoms with E-state index in [9.17, 15) is 10.1 Å². The van der Waals surface area contributed by atoms with Crippen molar-refractivity contribution in [2.24, 2.45) is 11.0 Å². The minimum absolute atomic E-state index is 0.0505. The molecule has 1 amide bonds. The van der Waals surface area contributed by atoms with Crippen LogP contribution >= 0.6 is 0 Å². The van der Waals surface area contributed by atoms with Gasteiger partial charge in [-0.2, -0.15) is 10.4 Å². The molecular formula is C16H18N4O2. The highest BCUT2D eigenvalue weighted by molar-refractivity contribution is 6.06. The van der Waals surface area contributed by atoms with Gasteiger partial charge in [0.1, 0.15) is 6.07 Å². The SMILES string of the molecule is CC1CC(=O)NN=C1c1ccc(N2CCOCC2)c(C#N)c1. The van der Waals surface area contributed by atoms with E-state index in [1.54, 1.807) is 0 Å². The maximum Gasteiger partial charge on any atom is 0.240 e. The van der Waals surface area contributed by atoms with Gasteiger partial charge in [0.2, 0.25) is 5.91 Å². The molecule has 2 aliphatic rings. The Bertz CT molecular complexity index is 657. The van der Waals surface area contributed by atoms with Crippen molar-refractivity contribution in [3.05, 3.63) is 29.3 Å². The van der Waals surface area contributed by atoms with Gasteiger partial charge >= 0.3 is 0 Å². The van der Waals surface area contributed by atoms with Gasteiger partial charge in [0, 0.05) is 25.4 Å². The maximum atomic E-state index is 11.3. The molecule has 0 saturated carbocycles. The monoisotopic (exact) mass is 298 g/mol. The number of benzene rings is 1. The molecule has 1 fully saturated rings. The number of hydrogen-bond donors (Lipinski definition) is 1. The van der Waals surface area contributed by atoms with Gasteiger partial charge < -0.3 is 9.64 Å². The first kappa shape index (κ1) is 14.5. The maximum absolute atomic E-state index is 11.3. The molecule has 0 aliphatic carbocycles. The van der Waals surface area contributed by atoms with Crippen molar-refractivity contribution in [2.75, 3.05) is 31.2 Å². The van der Waals surface area contributed by atoms with Crippen LogP contribution in [0.1, 0.15) is 24.5 Å². The Morgan fingerprint density at radius 2 is 2.18 bits per heavy atom. The van der Waals surface area contributed by atoms with Crippen LogP contribution in [0.5, 0.6) is 0 Å². The number of carbonyl (C=O) groups excluding carboxylic acids is 1. The first-order valence-corrected chi connectivity index (χ1v) is 7.42. The van der Waals surface area contributed by atoms with Gasteiger partial charge in [-0.3, -0.25) is 4.79 Å². The smallest absolute Gasteiger partial charge is 0.240 e. The molecule has 0 aromatic heterocycles. The van der Waals surface area contributed by atoms with Crippen LogP contribution in [0.3, 0.4) is 0 Å². The summed E-state index contributed by atoms with van der Waals surface area (Å²) in [5, 5.41) is 13.6. The zero-order chi connectivity index (χ0) is 15.5. The Morgan fingerprint density at radius 1 is 1.41 bits per heavy atom. The number of anilines is 1. The number of morpholine rings is 1. The van der Waals surface area contributed by atoms with Crippen LogP contribution in [0, 0.1) is 17.2 Å². The fourth-order valence-corrected chi connectivity index (χ4v) is 2.87. The van der Waals surface area contributed by atoms with Crippen molar-refractivity contribution in [3.8, 4) is 6.07 Å². The van der Waals surface area contributed by atoms with Gasteiger partial charge in [-0.25, -0.2) is 5.43 Å². The molecule has 1 unspecified atom stereocenters. The summed E-state index contributed by atoms with van der Waals surface area (Å²) in [5.41, 5.74) is 5.79. The lowest BCUT2D eigenvalue weighted by atomic mass is 9.93. The molecule has 3 rings (SSSR count). The molecule has 1 saturated heterocycles. The third kappa shape index (κ3) is 2.81. The van der Waals surface area contributed by atoms with Crippen molar-refractivity contribution < 1.29 is 9.53 Å². The van der Waals surface area contributed by atoms with Gasteiger partial charge in [0.15, 0.2) is 0 Å². The molecule has 6 nitrogen and oxygen atoms in total. The molecule has 22 heavy (non-hydrogen) atoms. The van der Waals surface area contributed by atoms with Crippen LogP contribution in [0.4, 0.5) is 5.69 Å². The molecule has 1 N–H and O–H groups in total. The number of amides is 1. The van der Waals surface area contributed by atoms with E-state index in [2.05, 4.69) is 21.5 Å². The molecule has 1 aromatic carbocycles. The van der Waals surface area contributed by atoms with Crippen molar-refractivity contribution >= 4 is 17.3 Å². The van der Waals surface area contributed by atoms with Crippen LogP contribution < -0.4 is 10.3 Å². The number of ether oxygens (including phenoxy) is 1. The molecule has 0 bridgehead atoms. The molecular weight excluding hydrogens is 280 g/mol. The fraction of sp³-hybridized carbons (Fsp3) is 0.438. The lowest BCUT2D eigenvalue weighted by molar-refractivity contribution is -0.121. The molecule has 1 atom stereocenters. The summed E-state index contributed by atoms with van der Waals surface area (Å²) in [4.78, 5) is 13.5. The van der Waals surface area contributed by atoms with Crippen molar-refractivity contribution in [1.29, 1.82) is 5.26 Å². The molecule has 0 radical (unpaired) electrons.